The zero-order valence-electron chi connectivity index (χ0n) is 9.28. The van der Waals surface area contributed by atoms with E-state index in [-0.39, 0.29) is 12.5 Å². The largest absolute Gasteiger partial charge is 0.342 e. The number of nitrogens with zero attached hydrogens (tertiary/aromatic N) is 3. The lowest BCUT2D eigenvalue weighted by atomic mass is 10.4. The number of rotatable bonds is 4. The van der Waals surface area contributed by atoms with Crippen molar-refractivity contribution in [3.8, 4) is 6.19 Å². The number of hydrogen-bond donors (Lipinski definition) is 1. The molecule has 0 fully saturated rings. The topological polar surface area (TPSA) is 68.5 Å². The summed E-state index contributed by atoms with van der Waals surface area (Å²) >= 11 is 1.31. The highest BCUT2D eigenvalue weighted by atomic mass is 32.2. The van der Waals surface area contributed by atoms with Gasteiger partial charge in [-0.2, -0.15) is 5.26 Å². The van der Waals surface area contributed by atoms with Crippen molar-refractivity contribution in [3.05, 3.63) is 0 Å². The highest BCUT2D eigenvalue weighted by molar-refractivity contribution is 8.13. The summed E-state index contributed by atoms with van der Waals surface area (Å²) in [6.45, 7) is 5.31. The van der Waals surface area contributed by atoms with Crippen molar-refractivity contribution in [1.29, 1.82) is 5.26 Å². The summed E-state index contributed by atoms with van der Waals surface area (Å²) in [7, 11) is 0. The van der Waals surface area contributed by atoms with E-state index < -0.39 is 0 Å². The molecule has 0 aromatic rings. The Balaban J connectivity index is 4.23. The van der Waals surface area contributed by atoms with Crippen LogP contribution in [0.2, 0.25) is 0 Å². The highest BCUT2D eigenvalue weighted by Gasteiger charge is 2.08. The lowest BCUT2D eigenvalue weighted by molar-refractivity contribution is -0.129. The van der Waals surface area contributed by atoms with Crippen LogP contribution in [0.25, 0.3) is 0 Å². The predicted octanol–water partition coefficient (Wildman–Crippen LogP) is 0.644. The van der Waals surface area contributed by atoms with Gasteiger partial charge in [0.05, 0.1) is 0 Å². The van der Waals surface area contributed by atoms with Crippen molar-refractivity contribution >= 4 is 22.8 Å². The second-order valence-electron chi connectivity index (χ2n) is 2.63. The van der Waals surface area contributed by atoms with Gasteiger partial charge in [-0.05, 0) is 20.1 Å². The molecule has 0 aliphatic rings. The zero-order chi connectivity index (χ0) is 11.7. The van der Waals surface area contributed by atoms with E-state index in [2.05, 4.69) is 10.3 Å². The van der Waals surface area contributed by atoms with E-state index in [9.17, 15) is 4.79 Å². The number of nitriles is 1. The molecule has 0 heterocycles. The molecule has 0 saturated carbocycles. The molecule has 0 aromatic heterocycles. The molecule has 0 radical (unpaired) electrons. The van der Waals surface area contributed by atoms with Crippen molar-refractivity contribution in [1.82, 2.24) is 10.2 Å². The fourth-order valence-corrected chi connectivity index (χ4v) is 1.36. The van der Waals surface area contributed by atoms with Crippen LogP contribution < -0.4 is 5.32 Å². The van der Waals surface area contributed by atoms with E-state index in [4.69, 9.17) is 5.26 Å². The Kier molecular flexibility index (Phi) is 7.46. The first-order valence-corrected chi connectivity index (χ1v) is 5.93. The molecule has 1 amide bonds. The Morgan fingerprint density at radius 3 is 2.53 bits per heavy atom. The summed E-state index contributed by atoms with van der Waals surface area (Å²) in [6.07, 6.45) is 3.57. The Labute approximate surface area is 94.5 Å². The van der Waals surface area contributed by atoms with Crippen molar-refractivity contribution < 1.29 is 4.79 Å². The van der Waals surface area contributed by atoms with E-state index >= 15 is 0 Å². The van der Waals surface area contributed by atoms with Gasteiger partial charge < -0.3 is 4.90 Å². The smallest absolute Gasteiger partial charge is 0.244 e. The van der Waals surface area contributed by atoms with Gasteiger partial charge >= 0.3 is 0 Å². The molecule has 0 spiro atoms. The normalized spacial score (nSPS) is 10.7. The molecular formula is C9H16N4OS. The Morgan fingerprint density at radius 2 is 2.13 bits per heavy atom. The van der Waals surface area contributed by atoms with Crippen molar-refractivity contribution in [3.63, 3.8) is 0 Å². The van der Waals surface area contributed by atoms with Gasteiger partial charge in [0.15, 0.2) is 11.4 Å². The second-order valence-corrected chi connectivity index (χ2v) is 3.42. The minimum Gasteiger partial charge on any atom is -0.342 e. The minimum absolute atomic E-state index is 0.0220. The van der Waals surface area contributed by atoms with Gasteiger partial charge in [0, 0.05) is 13.1 Å². The third kappa shape index (κ3) is 5.27. The van der Waals surface area contributed by atoms with Crippen LogP contribution in [-0.2, 0) is 4.79 Å². The Hall–Kier alpha value is -1.22. The van der Waals surface area contributed by atoms with Crippen LogP contribution in [0.3, 0.4) is 0 Å². The van der Waals surface area contributed by atoms with Crippen molar-refractivity contribution in [2.75, 3.05) is 25.9 Å². The van der Waals surface area contributed by atoms with Crippen LogP contribution in [0.5, 0.6) is 0 Å². The molecule has 1 N–H and O–H groups in total. The highest BCUT2D eigenvalue weighted by Crippen LogP contribution is 1.96. The first-order valence-electron chi connectivity index (χ1n) is 4.70. The third-order valence-corrected chi connectivity index (χ3v) is 2.45. The second kappa shape index (κ2) is 8.12. The molecule has 0 rings (SSSR count). The van der Waals surface area contributed by atoms with Crippen molar-refractivity contribution in [2.24, 2.45) is 4.99 Å². The van der Waals surface area contributed by atoms with E-state index in [1.807, 2.05) is 13.8 Å². The molecule has 84 valence electrons. The number of carbonyl (C=O) groups excluding carboxylic acids is 1. The predicted molar refractivity (Wildman–Crippen MR) is 62.5 cm³/mol. The number of thioether (sulfide) groups is 1. The van der Waals surface area contributed by atoms with Gasteiger partial charge in [-0.15, -0.1) is 0 Å². The number of carbonyl (C=O) groups is 1. The maximum atomic E-state index is 11.5. The van der Waals surface area contributed by atoms with Gasteiger partial charge in [0.1, 0.15) is 6.54 Å². The quantitative estimate of drug-likeness (QED) is 0.332. The number of amides is 1. The maximum absolute atomic E-state index is 11.5. The Morgan fingerprint density at radius 1 is 1.53 bits per heavy atom. The molecule has 0 unspecified atom stereocenters. The summed E-state index contributed by atoms with van der Waals surface area (Å²) in [5.41, 5.74) is 0. The molecule has 0 atom stereocenters. The average molecular weight is 228 g/mol. The lowest BCUT2D eigenvalue weighted by Crippen LogP contribution is -2.32. The average Bonchev–Trinajstić information content (AvgIpc) is 2.25. The van der Waals surface area contributed by atoms with E-state index in [1.54, 1.807) is 17.3 Å². The Bertz CT molecular complexity index is 268. The van der Waals surface area contributed by atoms with Gasteiger partial charge in [0.2, 0.25) is 5.91 Å². The molecule has 6 heteroatoms. The van der Waals surface area contributed by atoms with Gasteiger partial charge in [0.25, 0.3) is 0 Å². The third-order valence-electron chi connectivity index (χ3n) is 1.83. The van der Waals surface area contributed by atoms with Crippen LogP contribution in [0.15, 0.2) is 4.99 Å². The molecule has 0 saturated heterocycles. The zero-order valence-corrected chi connectivity index (χ0v) is 10.1. The molecule has 5 nitrogen and oxygen atoms in total. The van der Waals surface area contributed by atoms with E-state index in [0.29, 0.717) is 18.3 Å². The van der Waals surface area contributed by atoms with Gasteiger partial charge in [-0.25, -0.2) is 0 Å². The summed E-state index contributed by atoms with van der Waals surface area (Å²) in [5, 5.41) is 11.3. The van der Waals surface area contributed by atoms with E-state index in [0.717, 1.165) is 0 Å². The summed E-state index contributed by atoms with van der Waals surface area (Å²) in [6, 6.07) is 0. The van der Waals surface area contributed by atoms with Crippen LogP contribution in [0, 0.1) is 11.5 Å². The van der Waals surface area contributed by atoms with Crippen molar-refractivity contribution in [2.45, 2.75) is 13.8 Å². The monoisotopic (exact) mass is 228 g/mol. The number of hydrogen-bond acceptors (Lipinski definition) is 4. The maximum Gasteiger partial charge on any atom is 0.244 e. The molecular weight excluding hydrogens is 212 g/mol. The fraction of sp³-hybridized carbons (Fsp3) is 0.667. The fourth-order valence-electron chi connectivity index (χ4n) is 1.02. The first-order chi connectivity index (χ1) is 7.19. The summed E-state index contributed by atoms with van der Waals surface area (Å²) < 4.78 is 0. The van der Waals surface area contributed by atoms with Crippen LogP contribution in [0.4, 0.5) is 0 Å². The van der Waals surface area contributed by atoms with E-state index in [1.165, 1.54) is 11.8 Å². The molecule has 0 aliphatic carbocycles. The number of aliphatic imine (C=N–C) groups is 1. The van der Waals surface area contributed by atoms with Crippen LogP contribution >= 0.6 is 11.8 Å². The molecule has 0 aliphatic heterocycles. The lowest BCUT2D eigenvalue weighted by Gasteiger charge is -2.17. The standard InChI is InChI=1S/C9H16N4OS/c1-4-13(5-2)8(14)6-11-9(15-3)12-7-10/h4-6H2,1-3H3,(H,11,12). The summed E-state index contributed by atoms with van der Waals surface area (Å²) in [4.78, 5) is 17.2. The minimum atomic E-state index is -0.0220. The number of likely N-dealkylation sites (N-methyl/N-ethyl adjacent to an activating group) is 1. The van der Waals surface area contributed by atoms with Gasteiger partial charge in [-0.1, -0.05) is 11.8 Å². The molecule has 0 aromatic carbocycles. The molecule has 15 heavy (non-hydrogen) atoms. The molecule has 0 bridgehead atoms. The van der Waals surface area contributed by atoms with Gasteiger partial charge in [-0.3, -0.25) is 15.1 Å². The number of amidine groups is 1. The van der Waals surface area contributed by atoms with Crippen LogP contribution in [-0.4, -0.2) is 41.9 Å². The SMILES string of the molecule is CCN(CC)C(=O)CN=C(NC#N)SC. The van der Waals surface area contributed by atoms with Crippen LogP contribution in [0.1, 0.15) is 13.8 Å². The number of nitrogens with one attached hydrogen (secondary N) is 1. The first kappa shape index (κ1) is 13.8. The summed E-state index contributed by atoms with van der Waals surface area (Å²) in [5.74, 6) is -0.0220.